The molecule has 2 aromatic carbocycles. The lowest BCUT2D eigenvalue weighted by molar-refractivity contribution is 0.882. The average molecular weight is 340 g/mol. The highest BCUT2D eigenvalue weighted by molar-refractivity contribution is 6.38. The van der Waals surface area contributed by atoms with Crippen molar-refractivity contribution in [3.05, 3.63) is 57.8 Å². The number of fused-ring (bicyclic) bond motifs is 1. The van der Waals surface area contributed by atoms with Crippen LogP contribution in [0.4, 0.5) is 0 Å². The smallest absolute Gasteiger partial charge is 0.132 e. The molecule has 0 aliphatic rings. The van der Waals surface area contributed by atoms with E-state index >= 15 is 0 Å². The Balaban J connectivity index is 2.46. The van der Waals surface area contributed by atoms with E-state index in [1.165, 1.54) is 0 Å². The van der Waals surface area contributed by atoms with Crippen LogP contribution in [0, 0.1) is 6.92 Å². The molecule has 3 rings (SSSR count). The fraction of sp³-hybridized carbons (Fsp3) is 0.188. The number of benzene rings is 2. The lowest BCUT2D eigenvalue weighted by Gasteiger charge is -2.14. The summed E-state index contributed by atoms with van der Waals surface area (Å²) in [6, 6.07) is 11.5. The largest absolute Gasteiger partial charge is 0.292 e. The zero-order chi connectivity index (χ0) is 15.1. The van der Waals surface area contributed by atoms with Crippen LogP contribution in [0.2, 0.25) is 10.0 Å². The average Bonchev–Trinajstić information content (AvgIpc) is 2.80. The Morgan fingerprint density at radius 3 is 2.29 bits per heavy atom. The fourth-order valence-electron chi connectivity index (χ4n) is 2.46. The predicted octanol–water partition coefficient (Wildman–Crippen LogP) is 5.94. The molecule has 2 nitrogen and oxygen atoms in total. The van der Waals surface area contributed by atoms with Crippen LogP contribution in [0.25, 0.3) is 16.7 Å². The third kappa shape index (κ3) is 2.42. The number of hydrogen-bond donors (Lipinski definition) is 0. The number of hydrogen-bond acceptors (Lipinski definition) is 1. The van der Waals surface area contributed by atoms with Crippen LogP contribution >= 0.6 is 34.8 Å². The van der Waals surface area contributed by atoms with E-state index in [1.807, 2.05) is 54.8 Å². The molecule has 108 valence electrons. The SMILES string of the molecule is Cc1cccc2c1nc(C(C)Cl)n2-c1c(Cl)cccc1Cl. The highest BCUT2D eigenvalue weighted by atomic mass is 35.5. The Kier molecular flexibility index (Phi) is 3.87. The third-order valence-corrected chi connectivity index (χ3v) is 4.23. The topological polar surface area (TPSA) is 17.8 Å². The second kappa shape index (κ2) is 5.53. The zero-order valence-corrected chi connectivity index (χ0v) is 13.8. The molecular formula is C16H13Cl3N2. The minimum atomic E-state index is -0.260. The first-order valence-corrected chi connectivity index (χ1v) is 7.76. The molecule has 1 unspecified atom stereocenters. The van der Waals surface area contributed by atoms with Crippen LogP contribution in [0.3, 0.4) is 0 Å². The summed E-state index contributed by atoms with van der Waals surface area (Å²) < 4.78 is 1.95. The van der Waals surface area contributed by atoms with Crippen molar-refractivity contribution in [3.63, 3.8) is 0 Å². The molecule has 1 atom stereocenters. The minimum Gasteiger partial charge on any atom is -0.292 e. The van der Waals surface area contributed by atoms with Gasteiger partial charge in [-0.1, -0.05) is 41.4 Å². The van der Waals surface area contributed by atoms with Gasteiger partial charge in [0.1, 0.15) is 5.82 Å². The zero-order valence-electron chi connectivity index (χ0n) is 11.6. The maximum absolute atomic E-state index is 6.36. The van der Waals surface area contributed by atoms with Crippen LogP contribution in [0.15, 0.2) is 36.4 Å². The summed E-state index contributed by atoms with van der Waals surface area (Å²) in [6.07, 6.45) is 0. The van der Waals surface area contributed by atoms with E-state index in [-0.39, 0.29) is 5.38 Å². The molecule has 0 amide bonds. The molecule has 5 heteroatoms. The van der Waals surface area contributed by atoms with Crippen molar-refractivity contribution >= 4 is 45.8 Å². The first-order chi connectivity index (χ1) is 10.0. The molecule has 0 saturated carbocycles. The molecule has 0 spiro atoms. The molecule has 0 bridgehead atoms. The molecule has 0 fully saturated rings. The molecule has 0 aliphatic heterocycles. The molecular weight excluding hydrogens is 327 g/mol. The summed E-state index contributed by atoms with van der Waals surface area (Å²) in [5.41, 5.74) is 3.67. The Morgan fingerprint density at radius 2 is 1.67 bits per heavy atom. The van der Waals surface area contributed by atoms with Crippen molar-refractivity contribution in [1.29, 1.82) is 0 Å². The van der Waals surface area contributed by atoms with Crippen molar-refractivity contribution in [1.82, 2.24) is 9.55 Å². The molecule has 0 aliphatic carbocycles. The minimum absolute atomic E-state index is 0.260. The summed E-state index contributed by atoms with van der Waals surface area (Å²) in [5.74, 6) is 0.732. The van der Waals surface area contributed by atoms with E-state index in [1.54, 1.807) is 0 Å². The first-order valence-electron chi connectivity index (χ1n) is 6.57. The second-order valence-corrected chi connectivity index (χ2v) is 6.40. The predicted molar refractivity (Wildman–Crippen MR) is 90.1 cm³/mol. The maximum Gasteiger partial charge on any atom is 0.132 e. The third-order valence-electron chi connectivity index (χ3n) is 3.43. The van der Waals surface area contributed by atoms with Crippen molar-refractivity contribution < 1.29 is 0 Å². The van der Waals surface area contributed by atoms with Gasteiger partial charge < -0.3 is 0 Å². The van der Waals surface area contributed by atoms with E-state index in [2.05, 4.69) is 4.98 Å². The van der Waals surface area contributed by atoms with Gasteiger partial charge >= 0.3 is 0 Å². The van der Waals surface area contributed by atoms with Crippen LogP contribution in [0.1, 0.15) is 23.7 Å². The molecule has 3 aromatic rings. The summed E-state index contributed by atoms with van der Waals surface area (Å²) in [6.45, 7) is 3.91. The Labute approximate surface area is 138 Å². The Morgan fingerprint density at radius 1 is 1.05 bits per heavy atom. The molecule has 0 saturated heterocycles. The van der Waals surface area contributed by atoms with Gasteiger partial charge in [-0.05, 0) is 37.6 Å². The van der Waals surface area contributed by atoms with Crippen molar-refractivity contribution in [2.24, 2.45) is 0 Å². The molecule has 21 heavy (non-hydrogen) atoms. The summed E-state index contributed by atoms with van der Waals surface area (Å²) in [4.78, 5) is 4.68. The van der Waals surface area contributed by atoms with Crippen LogP contribution in [0.5, 0.6) is 0 Å². The van der Waals surface area contributed by atoms with Crippen molar-refractivity contribution in [3.8, 4) is 5.69 Å². The van der Waals surface area contributed by atoms with Crippen LogP contribution in [-0.4, -0.2) is 9.55 Å². The van der Waals surface area contributed by atoms with E-state index < -0.39 is 0 Å². The Bertz CT molecular complexity index is 801. The van der Waals surface area contributed by atoms with Crippen molar-refractivity contribution in [2.75, 3.05) is 0 Å². The van der Waals surface area contributed by atoms with Gasteiger partial charge in [0.05, 0.1) is 32.1 Å². The fourth-order valence-corrected chi connectivity index (χ4v) is 3.17. The first kappa shape index (κ1) is 14.7. The lowest BCUT2D eigenvalue weighted by Crippen LogP contribution is -2.03. The lowest BCUT2D eigenvalue weighted by atomic mass is 10.2. The number of halogens is 3. The van der Waals surface area contributed by atoms with Gasteiger partial charge in [0.15, 0.2) is 0 Å². The summed E-state index contributed by atoms with van der Waals surface area (Å²) in [7, 11) is 0. The number of alkyl halides is 1. The van der Waals surface area contributed by atoms with Gasteiger partial charge in [-0.15, -0.1) is 11.6 Å². The van der Waals surface area contributed by atoms with Crippen LogP contribution in [-0.2, 0) is 0 Å². The van der Waals surface area contributed by atoms with Gasteiger partial charge in [0, 0.05) is 0 Å². The molecule has 0 N–H and O–H groups in total. The van der Waals surface area contributed by atoms with Crippen LogP contribution < -0.4 is 0 Å². The van der Waals surface area contributed by atoms with E-state index in [0.717, 1.165) is 28.1 Å². The molecule has 1 aromatic heterocycles. The van der Waals surface area contributed by atoms with E-state index in [0.29, 0.717) is 10.0 Å². The van der Waals surface area contributed by atoms with Gasteiger partial charge in [0.2, 0.25) is 0 Å². The molecule has 0 radical (unpaired) electrons. The van der Waals surface area contributed by atoms with E-state index in [4.69, 9.17) is 34.8 Å². The van der Waals surface area contributed by atoms with Gasteiger partial charge in [0.25, 0.3) is 0 Å². The highest BCUT2D eigenvalue weighted by Crippen LogP contribution is 2.35. The number of aryl methyl sites for hydroxylation is 1. The van der Waals surface area contributed by atoms with E-state index in [9.17, 15) is 0 Å². The number of aromatic nitrogens is 2. The standard InChI is InChI=1S/C16H13Cl3N2/c1-9-5-3-8-13-14(9)20-16(10(2)17)21(13)15-11(18)6-4-7-12(15)19/h3-8,10H,1-2H3. The van der Waals surface area contributed by atoms with Gasteiger partial charge in [-0.3, -0.25) is 4.57 Å². The summed E-state index contributed by atoms with van der Waals surface area (Å²) in [5, 5.41) is 0.882. The van der Waals surface area contributed by atoms with Crippen molar-refractivity contribution in [2.45, 2.75) is 19.2 Å². The number of nitrogens with zero attached hydrogens (tertiary/aromatic N) is 2. The second-order valence-electron chi connectivity index (χ2n) is 4.93. The number of rotatable bonds is 2. The Hall–Kier alpha value is -1.22. The number of para-hydroxylation sites is 2. The maximum atomic E-state index is 6.36. The highest BCUT2D eigenvalue weighted by Gasteiger charge is 2.20. The summed E-state index contributed by atoms with van der Waals surface area (Å²) >= 11 is 19.0. The van der Waals surface area contributed by atoms with Gasteiger partial charge in [-0.25, -0.2) is 4.98 Å². The number of imidazole rings is 1. The quantitative estimate of drug-likeness (QED) is 0.528. The normalized spacial score (nSPS) is 12.8. The molecule has 1 heterocycles. The van der Waals surface area contributed by atoms with Gasteiger partial charge in [-0.2, -0.15) is 0 Å². The monoisotopic (exact) mass is 338 g/mol.